The normalized spacial score (nSPS) is 16.2. The standard InChI is InChI=1S/C45H44N3.Ir/c1-42(2,3)41-47-39-32(38-30(28-18-12-10-13-19-28)22-16-23-31(38)29-20-14-11-15-21-29)24-17-25-33(39)40-46-36-26-34-35(27-37(36)48(40)41)44(6,7)45(8,9)43(34,4)5;/h10-24,26-27H,1-9H3;/q-1;. The number of fused-ring (bicyclic) bond motifs is 6. The van der Waals surface area contributed by atoms with Crippen LogP contribution in [-0.2, 0) is 36.4 Å². The Hall–Kier alpha value is -4.11. The fourth-order valence-electron chi connectivity index (χ4n) is 8.19. The zero-order valence-electron chi connectivity index (χ0n) is 30.0. The van der Waals surface area contributed by atoms with Gasteiger partial charge in [-0.15, -0.1) is 18.2 Å². The Bertz CT molecular complexity index is 2330. The maximum Gasteiger partial charge on any atom is 0.102 e. The number of aromatic nitrogens is 3. The first kappa shape index (κ1) is 33.4. The number of hydrogen-bond acceptors (Lipinski definition) is 2. The summed E-state index contributed by atoms with van der Waals surface area (Å²) in [6, 6.07) is 40.7. The van der Waals surface area contributed by atoms with E-state index in [9.17, 15) is 0 Å². The van der Waals surface area contributed by atoms with Crippen molar-refractivity contribution in [1.82, 2.24) is 14.4 Å². The van der Waals surface area contributed by atoms with Gasteiger partial charge in [0, 0.05) is 25.5 Å². The molecule has 7 aromatic rings. The first-order chi connectivity index (χ1) is 22.7. The van der Waals surface area contributed by atoms with Gasteiger partial charge >= 0.3 is 0 Å². The third-order valence-corrected chi connectivity index (χ3v) is 12.1. The van der Waals surface area contributed by atoms with Crippen molar-refractivity contribution < 1.29 is 20.1 Å². The monoisotopic (exact) mass is 819 g/mol. The van der Waals surface area contributed by atoms with Gasteiger partial charge in [-0.3, -0.25) is 9.97 Å². The molecule has 0 saturated carbocycles. The van der Waals surface area contributed by atoms with E-state index in [0.717, 1.165) is 39.0 Å². The largest absolute Gasteiger partial charge is 0.321 e. The first-order valence-corrected chi connectivity index (χ1v) is 17.2. The van der Waals surface area contributed by atoms with Crippen molar-refractivity contribution >= 4 is 27.6 Å². The summed E-state index contributed by atoms with van der Waals surface area (Å²) < 4.78 is 2.33. The second-order valence-electron chi connectivity index (χ2n) is 16.3. The number of nitrogens with zero attached hydrogens (tertiary/aromatic N) is 3. The molecule has 49 heavy (non-hydrogen) atoms. The van der Waals surface area contributed by atoms with Gasteiger partial charge in [-0.1, -0.05) is 152 Å². The van der Waals surface area contributed by atoms with Gasteiger partial charge in [0.25, 0.3) is 0 Å². The minimum Gasteiger partial charge on any atom is -0.321 e. The van der Waals surface area contributed by atoms with E-state index in [4.69, 9.17) is 9.97 Å². The molecule has 5 aromatic carbocycles. The molecule has 2 aromatic heterocycles. The van der Waals surface area contributed by atoms with E-state index in [0.29, 0.717) is 0 Å². The molecule has 2 heterocycles. The molecule has 8 rings (SSSR count). The van der Waals surface area contributed by atoms with Crippen LogP contribution in [0.4, 0.5) is 0 Å². The van der Waals surface area contributed by atoms with Gasteiger partial charge in [0.05, 0.1) is 16.7 Å². The van der Waals surface area contributed by atoms with Crippen molar-refractivity contribution in [3.63, 3.8) is 0 Å². The van der Waals surface area contributed by atoms with Crippen molar-refractivity contribution in [2.45, 2.75) is 78.6 Å². The van der Waals surface area contributed by atoms with E-state index in [1.54, 1.807) is 0 Å². The molecular weight excluding hydrogens is 775 g/mol. The maximum absolute atomic E-state index is 5.62. The molecular formula is C45H44IrN3-. The first-order valence-electron chi connectivity index (χ1n) is 17.2. The topological polar surface area (TPSA) is 30.2 Å². The van der Waals surface area contributed by atoms with Crippen LogP contribution in [0.2, 0.25) is 0 Å². The summed E-state index contributed by atoms with van der Waals surface area (Å²) in [5, 5.41) is 0.942. The molecule has 0 bridgehead atoms. The van der Waals surface area contributed by atoms with Crippen LogP contribution >= 0.6 is 0 Å². The molecule has 0 spiro atoms. The summed E-state index contributed by atoms with van der Waals surface area (Å²) in [4.78, 5) is 11.1. The molecule has 1 aliphatic carbocycles. The van der Waals surface area contributed by atoms with Crippen LogP contribution in [0, 0.1) is 11.5 Å². The van der Waals surface area contributed by atoms with E-state index in [2.05, 4.69) is 176 Å². The summed E-state index contributed by atoms with van der Waals surface area (Å²) in [5.74, 6) is 1.00. The molecule has 4 heteroatoms. The number of rotatable bonds is 3. The predicted octanol–water partition coefficient (Wildman–Crippen LogP) is 11.7. The van der Waals surface area contributed by atoms with Gasteiger partial charge in [0.2, 0.25) is 0 Å². The molecule has 0 fully saturated rings. The smallest absolute Gasteiger partial charge is 0.102 e. The van der Waals surface area contributed by atoms with E-state index < -0.39 is 0 Å². The third-order valence-electron chi connectivity index (χ3n) is 12.1. The fraction of sp³-hybridized carbons (Fsp3) is 0.289. The zero-order chi connectivity index (χ0) is 33.8. The average Bonchev–Trinajstić information content (AvgIpc) is 3.49. The van der Waals surface area contributed by atoms with Crippen LogP contribution in [0.25, 0.3) is 61.0 Å². The van der Waals surface area contributed by atoms with E-state index in [1.807, 2.05) is 0 Å². The van der Waals surface area contributed by atoms with Crippen LogP contribution in [0.1, 0.15) is 79.3 Å². The Morgan fingerprint density at radius 1 is 0.633 bits per heavy atom. The third kappa shape index (κ3) is 4.71. The summed E-state index contributed by atoms with van der Waals surface area (Å²) in [6.45, 7) is 21.2. The number of hydrogen-bond donors (Lipinski definition) is 0. The summed E-state index contributed by atoms with van der Waals surface area (Å²) in [7, 11) is 0. The quantitative estimate of drug-likeness (QED) is 0.166. The molecule has 0 amide bonds. The summed E-state index contributed by atoms with van der Waals surface area (Å²) >= 11 is 0. The van der Waals surface area contributed by atoms with Gasteiger partial charge in [0.1, 0.15) is 5.82 Å². The van der Waals surface area contributed by atoms with E-state index in [1.165, 1.54) is 38.9 Å². The maximum atomic E-state index is 5.62. The molecule has 249 valence electrons. The molecule has 0 N–H and O–H groups in total. The molecule has 3 nitrogen and oxygen atoms in total. The Morgan fingerprint density at radius 3 is 1.73 bits per heavy atom. The number of benzene rings is 5. The molecule has 0 saturated heterocycles. The van der Waals surface area contributed by atoms with Crippen molar-refractivity contribution in [3.8, 4) is 33.4 Å². The Kier molecular flexibility index (Phi) is 7.63. The second kappa shape index (κ2) is 11.2. The minimum absolute atomic E-state index is 0. The van der Waals surface area contributed by atoms with E-state index >= 15 is 0 Å². The van der Waals surface area contributed by atoms with Crippen molar-refractivity contribution in [3.05, 3.63) is 126 Å². The molecule has 0 atom stereocenters. The van der Waals surface area contributed by atoms with Crippen LogP contribution in [-0.4, -0.2) is 14.4 Å². The van der Waals surface area contributed by atoms with Crippen LogP contribution < -0.4 is 0 Å². The van der Waals surface area contributed by atoms with Crippen LogP contribution in [0.15, 0.2) is 103 Å². The fourth-order valence-corrected chi connectivity index (χ4v) is 8.19. The zero-order valence-corrected chi connectivity index (χ0v) is 32.4. The Morgan fingerprint density at radius 2 is 1.18 bits per heavy atom. The molecule has 0 aliphatic heterocycles. The Labute approximate surface area is 304 Å². The van der Waals surface area contributed by atoms with Gasteiger partial charge in [-0.25, -0.2) is 0 Å². The molecule has 1 radical (unpaired) electrons. The predicted molar refractivity (Wildman–Crippen MR) is 202 cm³/mol. The van der Waals surface area contributed by atoms with Gasteiger partial charge in [-0.2, -0.15) is 0 Å². The van der Waals surface area contributed by atoms with Gasteiger partial charge < -0.3 is 4.40 Å². The minimum atomic E-state index is -0.249. The van der Waals surface area contributed by atoms with Gasteiger partial charge in [-0.05, 0) is 72.8 Å². The molecule has 0 unspecified atom stereocenters. The Balaban J connectivity index is 0.00000378. The van der Waals surface area contributed by atoms with Crippen molar-refractivity contribution in [2.75, 3.05) is 0 Å². The van der Waals surface area contributed by atoms with Crippen LogP contribution in [0.5, 0.6) is 0 Å². The van der Waals surface area contributed by atoms with Crippen molar-refractivity contribution in [2.24, 2.45) is 5.41 Å². The molecule has 1 aliphatic rings. The second-order valence-corrected chi connectivity index (χ2v) is 16.3. The summed E-state index contributed by atoms with van der Waals surface area (Å²) in [5.41, 5.74) is 13.6. The van der Waals surface area contributed by atoms with Crippen LogP contribution in [0.3, 0.4) is 0 Å². The SMILES string of the molecule is CC(C)(C)c1nc2c(-c3c(-c4ccccc4)cccc3-c3ccccc3)cc[c-]c2c2nc3cc4c(cc3n12)C(C)(C)C(C)(C)C4(C)C.[Ir]. The van der Waals surface area contributed by atoms with Gasteiger partial charge in [0.15, 0.2) is 0 Å². The number of imidazole rings is 1. The average molecular weight is 819 g/mol. The van der Waals surface area contributed by atoms with E-state index in [-0.39, 0.29) is 41.8 Å². The summed E-state index contributed by atoms with van der Waals surface area (Å²) in [6.07, 6.45) is 0. The van der Waals surface area contributed by atoms with Crippen molar-refractivity contribution in [1.29, 1.82) is 0 Å².